The minimum Gasteiger partial charge on any atom is -0.271 e. The maximum Gasteiger partial charge on any atom is 0.0931 e. The zero-order valence-corrected chi connectivity index (χ0v) is 10.4. The third-order valence-electron chi connectivity index (χ3n) is 2.74. The van der Waals surface area contributed by atoms with Crippen LogP contribution in [0.4, 0.5) is 0 Å². The van der Waals surface area contributed by atoms with Crippen LogP contribution < -0.4 is 11.3 Å². The molecule has 0 aliphatic heterocycles. The van der Waals surface area contributed by atoms with E-state index in [2.05, 4.69) is 26.2 Å². The molecule has 3 N–H and O–H groups in total. The van der Waals surface area contributed by atoms with Crippen LogP contribution >= 0.6 is 22.9 Å². The summed E-state index contributed by atoms with van der Waals surface area (Å²) in [5, 5.41) is 0. The zero-order chi connectivity index (χ0) is 10.8. The van der Waals surface area contributed by atoms with Gasteiger partial charge >= 0.3 is 0 Å². The van der Waals surface area contributed by atoms with E-state index in [-0.39, 0.29) is 11.5 Å². The molecule has 0 radical (unpaired) electrons. The first-order valence-corrected chi connectivity index (χ1v) is 5.92. The maximum atomic E-state index is 5.90. The van der Waals surface area contributed by atoms with Crippen LogP contribution in [0.2, 0.25) is 4.34 Å². The Labute approximate surface area is 94.4 Å². The van der Waals surface area contributed by atoms with E-state index in [1.807, 2.05) is 12.1 Å². The van der Waals surface area contributed by atoms with Crippen molar-refractivity contribution >= 4 is 22.9 Å². The number of hydrogen-bond acceptors (Lipinski definition) is 3. The van der Waals surface area contributed by atoms with Gasteiger partial charge in [0.15, 0.2) is 0 Å². The van der Waals surface area contributed by atoms with Crippen molar-refractivity contribution in [1.29, 1.82) is 0 Å². The quantitative estimate of drug-likeness (QED) is 0.617. The molecule has 0 spiro atoms. The van der Waals surface area contributed by atoms with Crippen molar-refractivity contribution in [2.24, 2.45) is 11.3 Å². The highest BCUT2D eigenvalue weighted by Gasteiger charge is 2.29. The normalized spacial score (nSPS) is 14.4. The van der Waals surface area contributed by atoms with E-state index < -0.39 is 0 Å². The van der Waals surface area contributed by atoms with Crippen molar-refractivity contribution in [3.63, 3.8) is 0 Å². The van der Waals surface area contributed by atoms with Gasteiger partial charge in [0.2, 0.25) is 0 Å². The third-order valence-corrected chi connectivity index (χ3v) is 4.03. The van der Waals surface area contributed by atoms with E-state index >= 15 is 0 Å². The first kappa shape index (κ1) is 12.0. The summed E-state index contributed by atoms with van der Waals surface area (Å²) in [6.45, 7) is 6.57. The van der Waals surface area contributed by atoms with Crippen LogP contribution in [0.25, 0.3) is 0 Å². The van der Waals surface area contributed by atoms with Crippen molar-refractivity contribution in [2.75, 3.05) is 0 Å². The molecule has 1 rings (SSSR count). The molecule has 2 nitrogen and oxygen atoms in total. The van der Waals surface area contributed by atoms with Gasteiger partial charge in [0, 0.05) is 4.88 Å². The number of nitrogens with one attached hydrogen (secondary N) is 1. The summed E-state index contributed by atoms with van der Waals surface area (Å²) in [6, 6.07) is 4.12. The van der Waals surface area contributed by atoms with Crippen LogP contribution in [-0.2, 0) is 0 Å². The topological polar surface area (TPSA) is 38.0 Å². The predicted octanol–water partition coefficient (Wildman–Crippen LogP) is 3.34. The lowest BCUT2D eigenvalue weighted by Crippen LogP contribution is -2.37. The molecule has 0 fully saturated rings. The summed E-state index contributed by atoms with van der Waals surface area (Å²) in [4.78, 5) is 1.20. The lowest BCUT2D eigenvalue weighted by Gasteiger charge is -2.32. The van der Waals surface area contributed by atoms with Crippen molar-refractivity contribution in [1.82, 2.24) is 5.43 Å². The van der Waals surface area contributed by atoms with E-state index in [4.69, 9.17) is 17.4 Å². The number of halogens is 1. The Morgan fingerprint density at radius 2 is 2.21 bits per heavy atom. The third kappa shape index (κ3) is 2.48. The molecule has 1 heterocycles. The molecule has 80 valence electrons. The second-order valence-electron chi connectivity index (χ2n) is 4.08. The molecule has 0 aliphatic carbocycles. The molecule has 1 aromatic rings. The fraction of sp³-hybridized carbons (Fsp3) is 0.600. The Balaban J connectivity index is 2.92. The van der Waals surface area contributed by atoms with Crippen LogP contribution in [0, 0.1) is 5.41 Å². The number of thiophene rings is 1. The monoisotopic (exact) mass is 232 g/mol. The van der Waals surface area contributed by atoms with Gasteiger partial charge in [-0.05, 0) is 24.0 Å². The largest absolute Gasteiger partial charge is 0.271 e. The van der Waals surface area contributed by atoms with Gasteiger partial charge in [-0.15, -0.1) is 11.3 Å². The highest BCUT2D eigenvalue weighted by atomic mass is 35.5. The highest BCUT2D eigenvalue weighted by Crippen LogP contribution is 2.39. The second kappa shape index (κ2) is 4.62. The molecular formula is C10H17ClN2S. The van der Waals surface area contributed by atoms with E-state index in [1.165, 1.54) is 4.88 Å². The van der Waals surface area contributed by atoms with Gasteiger partial charge in [-0.3, -0.25) is 11.3 Å². The number of nitrogens with two attached hydrogens (primary N) is 1. The second-order valence-corrected chi connectivity index (χ2v) is 5.83. The molecule has 1 aromatic heterocycles. The first-order valence-electron chi connectivity index (χ1n) is 4.72. The lowest BCUT2D eigenvalue weighted by molar-refractivity contribution is 0.239. The van der Waals surface area contributed by atoms with E-state index in [1.54, 1.807) is 11.3 Å². The predicted molar refractivity (Wildman–Crippen MR) is 63.5 cm³/mol. The Hall–Kier alpha value is -0.0900. The molecule has 1 unspecified atom stereocenters. The smallest absolute Gasteiger partial charge is 0.0931 e. The van der Waals surface area contributed by atoms with Gasteiger partial charge in [0.05, 0.1) is 10.4 Å². The fourth-order valence-electron chi connectivity index (χ4n) is 1.38. The number of hydrogen-bond donors (Lipinski definition) is 2. The molecule has 0 saturated heterocycles. The van der Waals surface area contributed by atoms with Crippen LogP contribution in [-0.4, -0.2) is 0 Å². The maximum absolute atomic E-state index is 5.90. The molecule has 1 atom stereocenters. The molecule has 14 heavy (non-hydrogen) atoms. The standard InChI is InChI=1S/C10H17ClN2S/c1-4-10(2,3)9(13-12)7-5-6-8(11)14-7/h5-6,9,13H,4,12H2,1-3H3. The van der Waals surface area contributed by atoms with Crippen LogP contribution in [0.15, 0.2) is 12.1 Å². The Morgan fingerprint density at radius 1 is 1.57 bits per heavy atom. The van der Waals surface area contributed by atoms with Crippen LogP contribution in [0.5, 0.6) is 0 Å². The van der Waals surface area contributed by atoms with E-state index in [9.17, 15) is 0 Å². The van der Waals surface area contributed by atoms with Crippen LogP contribution in [0.1, 0.15) is 38.1 Å². The molecule has 0 amide bonds. The Kier molecular flexibility index (Phi) is 3.95. The summed E-state index contributed by atoms with van der Waals surface area (Å²) in [5.41, 5.74) is 3.02. The van der Waals surface area contributed by atoms with Gasteiger partial charge in [-0.25, -0.2) is 0 Å². The summed E-state index contributed by atoms with van der Waals surface area (Å²) in [7, 11) is 0. The summed E-state index contributed by atoms with van der Waals surface area (Å²) in [6.07, 6.45) is 1.07. The van der Waals surface area contributed by atoms with Gasteiger partial charge in [-0.1, -0.05) is 32.4 Å². The molecule has 4 heteroatoms. The molecule has 0 bridgehead atoms. The highest BCUT2D eigenvalue weighted by molar-refractivity contribution is 7.16. The summed E-state index contributed by atoms with van der Waals surface area (Å²) in [5.74, 6) is 5.59. The van der Waals surface area contributed by atoms with Crippen molar-refractivity contribution in [2.45, 2.75) is 33.2 Å². The summed E-state index contributed by atoms with van der Waals surface area (Å²) >= 11 is 7.49. The minimum absolute atomic E-state index is 0.142. The van der Waals surface area contributed by atoms with E-state index in [0.29, 0.717) is 0 Å². The number of hydrazine groups is 1. The first-order chi connectivity index (χ1) is 6.51. The van der Waals surface area contributed by atoms with Crippen LogP contribution in [0.3, 0.4) is 0 Å². The Morgan fingerprint density at radius 3 is 2.57 bits per heavy atom. The molecule has 0 aromatic carbocycles. The van der Waals surface area contributed by atoms with Crippen molar-refractivity contribution < 1.29 is 0 Å². The molecular weight excluding hydrogens is 216 g/mol. The van der Waals surface area contributed by atoms with Gasteiger partial charge in [0.25, 0.3) is 0 Å². The van der Waals surface area contributed by atoms with Gasteiger partial charge in [0.1, 0.15) is 0 Å². The lowest BCUT2D eigenvalue weighted by atomic mass is 9.81. The van der Waals surface area contributed by atoms with Gasteiger partial charge in [-0.2, -0.15) is 0 Å². The fourth-order valence-corrected chi connectivity index (χ4v) is 2.71. The minimum atomic E-state index is 0.142. The molecule has 0 aliphatic rings. The molecule has 0 saturated carbocycles. The summed E-state index contributed by atoms with van der Waals surface area (Å²) < 4.78 is 0.812. The number of rotatable bonds is 4. The van der Waals surface area contributed by atoms with Crippen molar-refractivity contribution in [3.8, 4) is 0 Å². The van der Waals surface area contributed by atoms with Crippen molar-refractivity contribution in [3.05, 3.63) is 21.3 Å². The van der Waals surface area contributed by atoms with E-state index in [0.717, 1.165) is 10.8 Å². The average Bonchev–Trinajstić information content (AvgIpc) is 2.53. The SMILES string of the molecule is CCC(C)(C)C(NN)c1ccc(Cl)s1. The Bertz CT molecular complexity index is 296. The van der Waals surface area contributed by atoms with Gasteiger partial charge < -0.3 is 0 Å². The average molecular weight is 233 g/mol. The zero-order valence-electron chi connectivity index (χ0n) is 8.80.